The first-order chi connectivity index (χ1) is 7.11. The summed E-state index contributed by atoms with van der Waals surface area (Å²) >= 11 is 3.33. The molecular weight excluding hydrogens is 258 g/mol. The van der Waals surface area contributed by atoms with E-state index in [1.54, 1.807) is 19.4 Å². The number of amides is 1. The van der Waals surface area contributed by atoms with E-state index >= 15 is 0 Å². The zero-order valence-corrected chi connectivity index (χ0v) is 10.3. The summed E-state index contributed by atoms with van der Waals surface area (Å²) in [5, 5.41) is 5.78. The Bertz CT molecular complexity index is 343. The minimum atomic E-state index is 0.0259. The van der Waals surface area contributed by atoms with Crippen LogP contribution in [0.2, 0.25) is 0 Å². The summed E-state index contributed by atoms with van der Waals surface area (Å²) < 4.78 is 0.916. The SMILES string of the molecule is CNC(=O)CC(C)Nc1cncc(Br)c1. The van der Waals surface area contributed by atoms with Crippen LogP contribution in [-0.2, 0) is 4.79 Å². The van der Waals surface area contributed by atoms with Gasteiger partial charge in [-0.15, -0.1) is 0 Å². The molecule has 0 saturated heterocycles. The van der Waals surface area contributed by atoms with Crippen molar-refractivity contribution in [3.05, 3.63) is 22.9 Å². The first kappa shape index (κ1) is 12.0. The highest BCUT2D eigenvalue weighted by atomic mass is 79.9. The van der Waals surface area contributed by atoms with Crippen LogP contribution in [0.15, 0.2) is 22.9 Å². The molecule has 82 valence electrons. The molecule has 0 aliphatic carbocycles. The molecule has 1 rings (SSSR count). The number of halogens is 1. The zero-order chi connectivity index (χ0) is 11.3. The summed E-state index contributed by atoms with van der Waals surface area (Å²) in [5.41, 5.74) is 0.903. The van der Waals surface area contributed by atoms with E-state index in [2.05, 4.69) is 31.5 Å². The molecule has 0 radical (unpaired) electrons. The molecular formula is C10H14BrN3O. The molecule has 0 fully saturated rings. The number of rotatable bonds is 4. The van der Waals surface area contributed by atoms with Crippen molar-refractivity contribution >= 4 is 27.5 Å². The van der Waals surface area contributed by atoms with Crippen LogP contribution in [0.5, 0.6) is 0 Å². The van der Waals surface area contributed by atoms with Gasteiger partial charge in [0, 0.05) is 30.2 Å². The number of nitrogens with zero attached hydrogens (tertiary/aromatic N) is 1. The van der Waals surface area contributed by atoms with Gasteiger partial charge in [-0.3, -0.25) is 9.78 Å². The highest BCUT2D eigenvalue weighted by Gasteiger charge is 2.07. The summed E-state index contributed by atoms with van der Waals surface area (Å²) in [4.78, 5) is 15.1. The van der Waals surface area contributed by atoms with Gasteiger partial charge in [-0.05, 0) is 28.9 Å². The number of aromatic nitrogens is 1. The first-order valence-corrected chi connectivity index (χ1v) is 5.49. The Balaban J connectivity index is 2.51. The molecule has 0 saturated carbocycles. The highest BCUT2D eigenvalue weighted by molar-refractivity contribution is 9.10. The molecule has 5 heteroatoms. The van der Waals surface area contributed by atoms with Gasteiger partial charge >= 0.3 is 0 Å². The second kappa shape index (κ2) is 5.70. The Morgan fingerprint density at radius 2 is 2.33 bits per heavy atom. The number of carbonyl (C=O) groups is 1. The van der Waals surface area contributed by atoms with E-state index in [1.807, 2.05) is 13.0 Å². The Morgan fingerprint density at radius 1 is 1.60 bits per heavy atom. The molecule has 0 aliphatic heterocycles. The standard InChI is InChI=1S/C10H14BrN3O/c1-7(3-10(15)12-2)14-9-4-8(11)5-13-6-9/h4-7,14H,3H2,1-2H3,(H,12,15). The Labute approximate surface area is 97.6 Å². The molecule has 0 aliphatic rings. The number of hydrogen-bond acceptors (Lipinski definition) is 3. The van der Waals surface area contributed by atoms with E-state index in [0.29, 0.717) is 6.42 Å². The van der Waals surface area contributed by atoms with Crippen LogP contribution in [0.3, 0.4) is 0 Å². The van der Waals surface area contributed by atoms with Crippen molar-refractivity contribution in [3.63, 3.8) is 0 Å². The Kier molecular flexibility index (Phi) is 4.55. The van der Waals surface area contributed by atoms with Crippen LogP contribution in [0, 0.1) is 0 Å². The number of nitrogens with one attached hydrogen (secondary N) is 2. The van der Waals surface area contributed by atoms with E-state index in [-0.39, 0.29) is 11.9 Å². The van der Waals surface area contributed by atoms with Gasteiger partial charge in [0.05, 0.1) is 11.9 Å². The van der Waals surface area contributed by atoms with E-state index in [9.17, 15) is 4.79 Å². The van der Waals surface area contributed by atoms with Gasteiger partial charge in [-0.25, -0.2) is 0 Å². The van der Waals surface area contributed by atoms with Gasteiger partial charge in [-0.2, -0.15) is 0 Å². The molecule has 1 amide bonds. The van der Waals surface area contributed by atoms with Crippen LogP contribution in [-0.4, -0.2) is 24.0 Å². The van der Waals surface area contributed by atoms with Crippen LogP contribution in [0.1, 0.15) is 13.3 Å². The highest BCUT2D eigenvalue weighted by Crippen LogP contribution is 2.14. The number of pyridine rings is 1. The second-order valence-corrected chi connectivity index (χ2v) is 4.23. The first-order valence-electron chi connectivity index (χ1n) is 4.69. The molecule has 2 N–H and O–H groups in total. The molecule has 4 nitrogen and oxygen atoms in total. The van der Waals surface area contributed by atoms with E-state index in [1.165, 1.54) is 0 Å². The molecule has 1 aromatic heterocycles. The summed E-state index contributed by atoms with van der Waals surface area (Å²) in [6.45, 7) is 1.95. The quantitative estimate of drug-likeness (QED) is 0.878. The minimum Gasteiger partial charge on any atom is -0.381 e. The molecule has 0 aromatic carbocycles. The third kappa shape index (κ3) is 4.29. The number of hydrogen-bond donors (Lipinski definition) is 2. The maximum Gasteiger partial charge on any atom is 0.221 e. The van der Waals surface area contributed by atoms with Crippen molar-refractivity contribution in [1.29, 1.82) is 0 Å². The van der Waals surface area contributed by atoms with Crippen LogP contribution in [0.4, 0.5) is 5.69 Å². The topological polar surface area (TPSA) is 54.0 Å². The van der Waals surface area contributed by atoms with E-state index in [4.69, 9.17) is 0 Å². The summed E-state index contributed by atoms with van der Waals surface area (Å²) in [6.07, 6.45) is 3.89. The molecule has 1 atom stereocenters. The predicted molar refractivity (Wildman–Crippen MR) is 63.7 cm³/mol. The lowest BCUT2D eigenvalue weighted by molar-refractivity contribution is -0.120. The van der Waals surface area contributed by atoms with Crippen molar-refractivity contribution in [3.8, 4) is 0 Å². The Hall–Kier alpha value is -1.10. The lowest BCUT2D eigenvalue weighted by Crippen LogP contribution is -2.26. The van der Waals surface area contributed by atoms with Gasteiger partial charge < -0.3 is 10.6 Å². The monoisotopic (exact) mass is 271 g/mol. The third-order valence-corrected chi connectivity index (χ3v) is 2.32. The maximum absolute atomic E-state index is 11.1. The maximum atomic E-state index is 11.1. The van der Waals surface area contributed by atoms with E-state index < -0.39 is 0 Å². The van der Waals surface area contributed by atoms with Crippen molar-refractivity contribution in [2.45, 2.75) is 19.4 Å². The van der Waals surface area contributed by atoms with Crippen molar-refractivity contribution in [2.75, 3.05) is 12.4 Å². The number of carbonyl (C=O) groups excluding carboxylic acids is 1. The normalized spacial score (nSPS) is 11.9. The average molecular weight is 272 g/mol. The molecule has 1 aromatic rings. The van der Waals surface area contributed by atoms with Gasteiger partial charge in [0.25, 0.3) is 0 Å². The molecule has 1 unspecified atom stereocenters. The van der Waals surface area contributed by atoms with Crippen LogP contribution in [0.25, 0.3) is 0 Å². The fraction of sp³-hybridized carbons (Fsp3) is 0.400. The van der Waals surface area contributed by atoms with Crippen molar-refractivity contribution < 1.29 is 4.79 Å². The van der Waals surface area contributed by atoms with Crippen molar-refractivity contribution in [1.82, 2.24) is 10.3 Å². The molecule has 1 heterocycles. The fourth-order valence-electron chi connectivity index (χ4n) is 1.21. The van der Waals surface area contributed by atoms with Gasteiger partial charge in [0.2, 0.25) is 5.91 Å². The molecule has 0 bridgehead atoms. The third-order valence-electron chi connectivity index (χ3n) is 1.89. The lowest BCUT2D eigenvalue weighted by Gasteiger charge is -2.13. The van der Waals surface area contributed by atoms with Gasteiger partial charge in [0.15, 0.2) is 0 Å². The zero-order valence-electron chi connectivity index (χ0n) is 8.75. The molecule has 15 heavy (non-hydrogen) atoms. The summed E-state index contributed by atoms with van der Waals surface area (Å²) in [6, 6.07) is 2.01. The minimum absolute atomic E-state index is 0.0259. The fourth-order valence-corrected chi connectivity index (χ4v) is 1.57. The average Bonchev–Trinajstić information content (AvgIpc) is 2.17. The van der Waals surface area contributed by atoms with Gasteiger partial charge in [0.1, 0.15) is 0 Å². The second-order valence-electron chi connectivity index (χ2n) is 3.31. The molecule has 0 spiro atoms. The smallest absolute Gasteiger partial charge is 0.221 e. The van der Waals surface area contributed by atoms with Crippen molar-refractivity contribution in [2.24, 2.45) is 0 Å². The largest absolute Gasteiger partial charge is 0.381 e. The Morgan fingerprint density at radius 3 is 2.93 bits per heavy atom. The lowest BCUT2D eigenvalue weighted by atomic mass is 10.2. The number of anilines is 1. The summed E-state index contributed by atoms with van der Waals surface area (Å²) in [7, 11) is 1.63. The summed E-state index contributed by atoms with van der Waals surface area (Å²) in [5.74, 6) is 0.0259. The van der Waals surface area contributed by atoms with Crippen LogP contribution < -0.4 is 10.6 Å². The van der Waals surface area contributed by atoms with Gasteiger partial charge in [-0.1, -0.05) is 0 Å². The van der Waals surface area contributed by atoms with E-state index in [0.717, 1.165) is 10.2 Å². The predicted octanol–water partition coefficient (Wildman–Crippen LogP) is 1.78. The van der Waals surface area contributed by atoms with Crippen LogP contribution >= 0.6 is 15.9 Å².